The van der Waals surface area contributed by atoms with E-state index in [9.17, 15) is 9.59 Å². The normalized spacial score (nSPS) is 10.4. The molecule has 0 amide bonds. The first-order chi connectivity index (χ1) is 6.16. The van der Waals surface area contributed by atoms with Crippen LogP contribution in [0.3, 0.4) is 0 Å². The Hall–Kier alpha value is -1.09. The summed E-state index contributed by atoms with van der Waals surface area (Å²) < 4.78 is 11.7. The molecule has 2 nitrogen and oxygen atoms in total. The second kappa shape index (κ2) is 4.23. The van der Waals surface area contributed by atoms with Gasteiger partial charge in [-0.1, -0.05) is 6.07 Å². The van der Waals surface area contributed by atoms with E-state index in [-0.39, 0.29) is 0 Å². The van der Waals surface area contributed by atoms with Gasteiger partial charge in [0.15, 0.2) is 0 Å². The molecule has 1 aromatic rings. The molecule has 0 heterocycles. The molecule has 0 radical (unpaired) electrons. The van der Waals surface area contributed by atoms with Gasteiger partial charge < -0.3 is 5.11 Å². The third-order valence-electron chi connectivity index (χ3n) is 2.36. The number of phenols is 1. The smallest absolute Gasteiger partial charge is 0.118 e. The highest BCUT2D eigenvalue weighted by molar-refractivity contribution is 5.42. The Morgan fingerprint density at radius 1 is 1.31 bits per heavy atom. The van der Waals surface area contributed by atoms with Gasteiger partial charge in [0, 0.05) is 6.54 Å². The summed E-state index contributed by atoms with van der Waals surface area (Å²) in [7, 11) is 0. The zero-order valence-electron chi connectivity index (χ0n) is 7.89. The van der Waals surface area contributed by atoms with Gasteiger partial charge in [-0.15, -0.1) is 4.48 Å². The Kier molecular flexibility index (Phi) is 3.25. The van der Waals surface area contributed by atoms with Gasteiger partial charge in [0.1, 0.15) is 5.75 Å². The summed E-state index contributed by atoms with van der Waals surface area (Å²) in [5, 5.41) is 9.36. The molecule has 0 aliphatic heterocycles. The van der Waals surface area contributed by atoms with E-state index in [0.29, 0.717) is 18.7 Å². The summed E-state index contributed by atoms with van der Waals surface area (Å²) >= 11 is 0. The van der Waals surface area contributed by atoms with E-state index >= 15 is 0 Å². The highest BCUT2D eigenvalue weighted by Gasteiger charge is 2.04. The van der Waals surface area contributed by atoms with Crippen LogP contribution in [0.15, 0.2) is 12.1 Å². The fourth-order valence-electron chi connectivity index (χ4n) is 1.32. The second-order valence-electron chi connectivity index (χ2n) is 3.13. The Morgan fingerprint density at radius 3 is 2.62 bits per heavy atom. The maximum Gasteiger partial charge on any atom is 0.118 e. The zero-order chi connectivity index (χ0) is 9.84. The number of rotatable bonds is 3. The molecule has 0 aromatic heterocycles. The Balaban J connectivity index is 2.90. The molecule has 0 saturated heterocycles. The van der Waals surface area contributed by atoms with Crippen molar-refractivity contribution in [2.45, 2.75) is 20.3 Å². The Bertz CT molecular complexity index is 299. The summed E-state index contributed by atoms with van der Waals surface area (Å²) in [4.78, 5) is 0. The maximum absolute atomic E-state index is 11.7. The van der Waals surface area contributed by atoms with Crippen LogP contribution in [0.5, 0.6) is 5.75 Å². The van der Waals surface area contributed by atoms with Crippen molar-refractivity contribution in [2.75, 3.05) is 6.54 Å². The number of nitrogens with one attached hydrogen (secondary N) is 1. The number of hydrogen-bond acceptors (Lipinski definition) is 2. The van der Waals surface area contributed by atoms with Gasteiger partial charge in [0.25, 0.3) is 0 Å². The predicted octanol–water partition coefficient (Wildman–Crippen LogP) is 2.03. The topological polar surface area (TPSA) is 32.3 Å². The lowest BCUT2D eigenvalue weighted by atomic mass is 10.0. The van der Waals surface area contributed by atoms with Crippen LogP contribution < -0.4 is 5.54 Å². The van der Waals surface area contributed by atoms with Crippen molar-refractivity contribution in [1.82, 2.24) is 5.54 Å². The maximum atomic E-state index is 11.7. The first kappa shape index (κ1) is 9.99. The number of halogens is 1. The minimum absolute atomic E-state index is 0.300. The van der Waals surface area contributed by atoms with E-state index < -0.39 is 0 Å². The first-order valence-corrected chi connectivity index (χ1v) is 4.28. The summed E-state index contributed by atoms with van der Waals surface area (Å²) in [6.45, 7) is 4.10. The van der Waals surface area contributed by atoms with Gasteiger partial charge >= 0.3 is 0 Å². The molecule has 0 aliphatic rings. The molecule has 0 fully saturated rings. The largest absolute Gasteiger partial charge is 0.508 e. The second-order valence-corrected chi connectivity index (χ2v) is 3.13. The van der Waals surface area contributed by atoms with Crippen molar-refractivity contribution >= 4 is 0 Å². The lowest BCUT2D eigenvalue weighted by Gasteiger charge is -2.09. The standard InChI is InChI=1S/C10H14FNO/c1-7-8(2)10(13)4-3-9(7)5-6-12-11/h3-4,12-13H,5-6H2,1-2H3. The fraction of sp³-hybridized carbons (Fsp3) is 0.400. The number of aromatic hydroxyl groups is 1. The van der Waals surface area contributed by atoms with Crippen LogP contribution in [-0.4, -0.2) is 11.7 Å². The first-order valence-electron chi connectivity index (χ1n) is 4.28. The van der Waals surface area contributed by atoms with Crippen molar-refractivity contribution in [3.8, 4) is 5.75 Å². The number of hydrogen-bond donors (Lipinski definition) is 2. The quantitative estimate of drug-likeness (QED) is 0.703. The minimum Gasteiger partial charge on any atom is -0.508 e. The van der Waals surface area contributed by atoms with Gasteiger partial charge in [-0.25, -0.2) is 0 Å². The third-order valence-corrected chi connectivity index (χ3v) is 2.36. The Labute approximate surface area is 77.3 Å². The minimum atomic E-state index is 0.300. The van der Waals surface area contributed by atoms with Crippen molar-refractivity contribution in [3.63, 3.8) is 0 Å². The van der Waals surface area contributed by atoms with Crippen LogP contribution in [0, 0.1) is 13.8 Å². The van der Waals surface area contributed by atoms with Crippen molar-refractivity contribution in [1.29, 1.82) is 0 Å². The summed E-state index contributed by atoms with van der Waals surface area (Å²) in [5.74, 6) is 0.300. The Morgan fingerprint density at radius 2 is 2.00 bits per heavy atom. The molecule has 0 bridgehead atoms. The number of phenolic OH excluding ortho intramolecular Hbond substituents is 1. The molecule has 0 aliphatic carbocycles. The lowest BCUT2D eigenvalue weighted by molar-refractivity contribution is 0.337. The van der Waals surface area contributed by atoms with E-state index in [1.165, 1.54) is 0 Å². The molecule has 0 unspecified atom stereocenters. The molecule has 72 valence electrons. The zero-order valence-corrected chi connectivity index (χ0v) is 7.89. The van der Waals surface area contributed by atoms with Crippen LogP contribution in [0.1, 0.15) is 16.7 Å². The van der Waals surface area contributed by atoms with Gasteiger partial charge in [-0.05, 0) is 43.0 Å². The van der Waals surface area contributed by atoms with Crippen molar-refractivity contribution in [3.05, 3.63) is 28.8 Å². The third kappa shape index (κ3) is 2.18. The van der Waals surface area contributed by atoms with Crippen LogP contribution in [0.2, 0.25) is 0 Å². The van der Waals surface area contributed by atoms with Gasteiger partial charge in [0.2, 0.25) is 0 Å². The summed E-state index contributed by atoms with van der Waals surface area (Å²) in [6, 6.07) is 3.48. The summed E-state index contributed by atoms with van der Waals surface area (Å²) in [6.07, 6.45) is 0.642. The van der Waals surface area contributed by atoms with Gasteiger partial charge in [-0.2, -0.15) is 5.54 Å². The molecule has 0 atom stereocenters. The van der Waals surface area contributed by atoms with E-state index in [1.54, 1.807) is 11.6 Å². The fourth-order valence-corrected chi connectivity index (χ4v) is 1.32. The molecule has 2 N–H and O–H groups in total. The van der Waals surface area contributed by atoms with Crippen molar-refractivity contribution in [2.24, 2.45) is 0 Å². The van der Waals surface area contributed by atoms with Gasteiger partial charge in [-0.3, -0.25) is 0 Å². The van der Waals surface area contributed by atoms with Gasteiger partial charge in [0.05, 0.1) is 0 Å². The van der Waals surface area contributed by atoms with Crippen LogP contribution in [0.25, 0.3) is 0 Å². The van der Waals surface area contributed by atoms with Crippen molar-refractivity contribution < 1.29 is 9.59 Å². The van der Waals surface area contributed by atoms with Crippen LogP contribution in [-0.2, 0) is 6.42 Å². The molecule has 3 heteroatoms. The van der Waals surface area contributed by atoms with E-state index in [1.807, 2.05) is 19.9 Å². The molecule has 0 saturated carbocycles. The van der Waals surface area contributed by atoms with E-state index in [4.69, 9.17) is 0 Å². The highest BCUT2D eigenvalue weighted by atomic mass is 19.2. The number of benzene rings is 1. The van der Waals surface area contributed by atoms with E-state index in [0.717, 1.165) is 16.7 Å². The molecule has 1 rings (SSSR count). The lowest BCUT2D eigenvalue weighted by Crippen LogP contribution is -2.07. The molecular weight excluding hydrogens is 169 g/mol. The highest BCUT2D eigenvalue weighted by Crippen LogP contribution is 2.22. The summed E-state index contributed by atoms with van der Waals surface area (Å²) in [5.41, 5.74) is 4.59. The van der Waals surface area contributed by atoms with Crippen LogP contribution in [0.4, 0.5) is 4.48 Å². The average molecular weight is 183 g/mol. The molecule has 0 spiro atoms. The molecular formula is C10H14FNO. The SMILES string of the molecule is Cc1c(O)ccc(CCNF)c1C. The van der Waals surface area contributed by atoms with Crippen LogP contribution >= 0.6 is 0 Å². The molecule has 1 aromatic carbocycles. The van der Waals surface area contributed by atoms with E-state index in [2.05, 4.69) is 0 Å². The molecule has 13 heavy (non-hydrogen) atoms. The predicted molar refractivity (Wildman–Crippen MR) is 50.4 cm³/mol. The monoisotopic (exact) mass is 183 g/mol. The average Bonchev–Trinajstić information content (AvgIpc) is 2.13.